The van der Waals surface area contributed by atoms with Gasteiger partial charge in [-0.2, -0.15) is 0 Å². The Bertz CT molecular complexity index is 423. The lowest BCUT2D eigenvalue weighted by Gasteiger charge is -2.13. The van der Waals surface area contributed by atoms with Gasteiger partial charge in [-0.15, -0.1) is 11.6 Å². The van der Waals surface area contributed by atoms with E-state index in [1.165, 1.54) is 6.07 Å². The monoisotopic (exact) mass is 333 g/mol. The van der Waals surface area contributed by atoms with E-state index < -0.39 is 0 Å². The molecule has 3 nitrogen and oxygen atoms in total. The molecule has 0 aliphatic heterocycles. The molecule has 0 bridgehead atoms. The minimum absolute atomic E-state index is 0.0446. The van der Waals surface area contributed by atoms with Crippen LogP contribution in [0.3, 0.4) is 0 Å². The van der Waals surface area contributed by atoms with Gasteiger partial charge in [0.05, 0.1) is 10.9 Å². The van der Waals surface area contributed by atoms with Crippen molar-refractivity contribution in [3.8, 4) is 5.75 Å². The van der Waals surface area contributed by atoms with E-state index in [2.05, 4.69) is 35.1 Å². The van der Waals surface area contributed by atoms with E-state index in [9.17, 15) is 9.90 Å². The minimum Gasteiger partial charge on any atom is -0.507 e. The fraction of sp³-hybridized carbons (Fsp3) is 0.462. The maximum Gasteiger partial charge on any atom is 0.255 e. The van der Waals surface area contributed by atoms with Crippen molar-refractivity contribution in [2.75, 3.05) is 6.54 Å². The van der Waals surface area contributed by atoms with Crippen LogP contribution in [0.4, 0.5) is 0 Å². The first kappa shape index (κ1) is 15.3. The number of aromatic hydroxyl groups is 1. The Morgan fingerprint density at radius 3 is 2.72 bits per heavy atom. The minimum atomic E-state index is -0.311. The van der Waals surface area contributed by atoms with Crippen LogP contribution in [0.25, 0.3) is 0 Å². The summed E-state index contributed by atoms with van der Waals surface area (Å²) in [5.41, 5.74) is 0.256. The average molecular weight is 335 g/mol. The molecule has 0 saturated heterocycles. The van der Waals surface area contributed by atoms with E-state index in [1.54, 1.807) is 12.1 Å². The van der Waals surface area contributed by atoms with Crippen LogP contribution < -0.4 is 5.32 Å². The van der Waals surface area contributed by atoms with Crippen molar-refractivity contribution in [3.63, 3.8) is 0 Å². The second kappa shape index (κ2) is 7.00. The van der Waals surface area contributed by atoms with Crippen LogP contribution in [0.1, 0.15) is 30.6 Å². The third-order valence-corrected chi connectivity index (χ3v) is 3.24. The number of hydrogen-bond acceptors (Lipinski definition) is 2. The molecule has 0 spiro atoms. The lowest BCUT2D eigenvalue weighted by atomic mass is 10.1. The normalized spacial score (nSPS) is 12.5. The van der Waals surface area contributed by atoms with Crippen LogP contribution in [0, 0.1) is 5.92 Å². The van der Waals surface area contributed by atoms with Crippen molar-refractivity contribution in [1.29, 1.82) is 0 Å². The summed E-state index contributed by atoms with van der Waals surface area (Å²) in [6.07, 6.45) is 0.841. The van der Waals surface area contributed by atoms with E-state index in [0.717, 1.165) is 10.9 Å². The van der Waals surface area contributed by atoms with Crippen molar-refractivity contribution in [3.05, 3.63) is 28.2 Å². The predicted octanol–water partition coefficient (Wildman–Crippen LogP) is 3.54. The van der Waals surface area contributed by atoms with Crippen molar-refractivity contribution in [2.45, 2.75) is 25.6 Å². The molecule has 1 atom stereocenters. The summed E-state index contributed by atoms with van der Waals surface area (Å²) in [5.74, 6) is 0.136. The average Bonchev–Trinajstić information content (AvgIpc) is 2.25. The van der Waals surface area contributed by atoms with Gasteiger partial charge in [0.2, 0.25) is 0 Å². The van der Waals surface area contributed by atoms with Gasteiger partial charge in [0.1, 0.15) is 5.75 Å². The first-order chi connectivity index (χ1) is 8.40. The molecule has 0 aliphatic rings. The zero-order valence-electron chi connectivity index (χ0n) is 10.4. The van der Waals surface area contributed by atoms with Gasteiger partial charge in [0.25, 0.3) is 5.91 Å². The largest absolute Gasteiger partial charge is 0.507 e. The second-order valence-electron chi connectivity index (χ2n) is 4.60. The highest BCUT2D eigenvalue weighted by Gasteiger charge is 2.13. The maximum atomic E-state index is 11.8. The number of hydrogen-bond donors (Lipinski definition) is 2. The summed E-state index contributed by atoms with van der Waals surface area (Å²) >= 11 is 9.31. The number of benzene rings is 1. The topological polar surface area (TPSA) is 49.3 Å². The fourth-order valence-corrected chi connectivity index (χ4v) is 2.37. The maximum absolute atomic E-state index is 11.8. The molecule has 1 aromatic carbocycles. The first-order valence-electron chi connectivity index (χ1n) is 5.81. The molecule has 0 aliphatic carbocycles. The molecule has 0 saturated carbocycles. The summed E-state index contributed by atoms with van der Waals surface area (Å²) in [7, 11) is 0. The molecule has 0 radical (unpaired) electrons. The van der Waals surface area contributed by atoms with Crippen LogP contribution in [0.2, 0.25) is 0 Å². The quantitative estimate of drug-likeness (QED) is 0.809. The molecule has 0 fully saturated rings. The molecule has 1 aromatic rings. The van der Waals surface area contributed by atoms with Gasteiger partial charge in [-0.1, -0.05) is 29.8 Å². The van der Waals surface area contributed by atoms with Crippen molar-refractivity contribution < 1.29 is 9.90 Å². The predicted molar refractivity (Wildman–Crippen MR) is 77.2 cm³/mol. The zero-order chi connectivity index (χ0) is 13.7. The number of alkyl halides is 1. The Morgan fingerprint density at radius 2 is 2.17 bits per heavy atom. The van der Waals surface area contributed by atoms with Gasteiger partial charge in [-0.3, -0.25) is 4.79 Å². The fourth-order valence-electron chi connectivity index (χ4n) is 1.59. The van der Waals surface area contributed by atoms with Gasteiger partial charge in [-0.05, 0) is 30.5 Å². The molecule has 18 heavy (non-hydrogen) atoms. The summed E-state index contributed by atoms with van der Waals surface area (Å²) in [5, 5.41) is 12.3. The lowest BCUT2D eigenvalue weighted by Crippen LogP contribution is -2.30. The van der Waals surface area contributed by atoms with Gasteiger partial charge in [0, 0.05) is 11.0 Å². The Labute approximate surface area is 121 Å². The third-order valence-electron chi connectivity index (χ3n) is 2.42. The number of phenols is 1. The second-order valence-corrected chi connectivity index (χ2v) is 6.13. The number of amides is 1. The van der Waals surface area contributed by atoms with Crippen LogP contribution in [-0.4, -0.2) is 22.9 Å². The highest BCUT2D eigenvalue weighted by Crippen LogP contribution is 2.22. The van der Waals surface area contributed by atoms with Crippen LogP contribution >= 0.6 is 27.5 Å². The Morgan fingerprint density at radius 1 is 1.50 bits per heavy atom. The molecule has 100 valence electrons. The highest BCUT2D eigenvalue weighted by molar-refractivity contribution is 9.10. The van der Waals surface area contributed by atoms with Gasteiger partial charge in [0.15, 0.2) is 0 Å². The molecule has 2 N–H and O–H groups in total. The summed E-state index contributed by atoms with van der Waals surface area (Å²) in [4.78, 5) is 11.8. The Balaban J connectivity index is 2.55. The van der Waals surface area contributed by atoms with E-state index in [4.69, 9.17) is 11.6 Å². The number of halogens is 2. The van der Waals surface area contributed by atoms with Crippen molar-refractivity contribution in [1.82, 2.24) is 5.32 Å². The first-order valence-corrected chi connectivity index (χ1v) is 7.04. The standard InChI is InChI=1S/C13H17BrClNO2/c1-8(2)5-10(15)7-16-13(18)11-4-3-9(14)6-12(11)17/h3-4,6,8,10,17H,5,7H2,1-2H3,(H,16,18). The molecule has 0 aromatic heterocycles. The Kier molecular flexibility index (Phi) is 5.96. The van der Waals surface area contributed by atoms with Crippen LogP contribution in [-0.2, 0) is 0 Å². The number of nitrogens with one attached hydrogen (secondary N) is 1. The smallest absolute Gasteiger partial charge is 0.255 e. The van der Waals surface area contributed by atoms with Gasteiger partial charge < -0.3 is 10.4 Å². The number of carbonyl (C=O) groups excluding carboxylic acids is 1. The van der Waals surface area contributed by atoms with E-state index in [1.807, 2.05) is 0 Å². The third kappa shape index (κ3) is 4.86. The highest BCUT2D eigenvalue weighted by atomic mass is 79.9. The molecular formula is C13H17BrClNO2. The Hall–Kier alpha value is -0.740. The van der Waals surface area contributed by atoms with Crippen molar-refractivity contribution in [2.24, 2.45) is 5.92 Å². The summed E-state index contributed by atoms with van der Waals surface area (Å²) in [6.45, 7) is 4.56. The molecule has 0 heterocycles. The van der Waals surface area contributed by atoms with E-state index in [-0.39, 0.29) is 22.6 Å². The molecule has 5 heteroatoms. The molecular weight excluding hydrogens is 318 g/mol. The molecule has 1 amide bonds. The number of rotatable bonds is 5. The number of carbonyl (C=O) groups is 1. The summed E-state index contributed by atoms with van der Waals surface area (Å²) < 4.78 is 0.728. The van der Waals surface area contributed by atoms with Gasteiger partial charge >= 0.3 is 0 Å². The van der Waals surface area contributed by atoms with Gasteiger partial charge in [-0.25, -0.2) is 0 Å². The lowest BCUT2D eigenvalue weighted by molar-refractivity contribution is 0.0950. The molecule has 1 rings (SSSR count). The SMILES string of the molecule is CC(C)CC(Cl)CNC(=O)c1ccc(Br)cc1O. The van der Waals surface area contributed by atoms with Crippen LogP contribution in [0.15, 0.2) is 22.7 Å². The zero-order valence-corrected chi connectivity index (χ0v) is 12.8. The van der Waals surface area contributed by atoms with Crippen LogP contribution in [0.5, 0.6) is 5.75 Å². The van der Waals surface area contributed by atoms with E-state index >= 15 is 0 Å². The molecule has 1 unspecified atom stereocenters. The van der Waals surface area contributed by atoms with Crippen molar-refractivity contribution >= 4 is 33.4 Å². The van der Waals surface area contributed by atoms with E-state index in [0.29, 0.717) is 12.5 Å². The summed E-state index contributed by atoms with van der Waals surface area (Å²) in [6, 6.07) is 4.77. The number of phenolic OH excluding ortho intramolecular Hbond substituents is 1.